The molecule has 0 spiro atoms. The van der Waals surface area contributed by atoms with Gasteiger partial charge in [0, 0.05) is 12.1 Å². The molecule has 0 aromatic heterocycles. The maximum Gasteiger partial charge on any atom is 0.330 e. The van der Waals surface area contributed by atoms with Gasteiger partial charge in [-0.25, -0.2) is 4.79 Å². The highest BCUT2D eigenvalue weighted by Crippen LogP contribution is 2.19. The van der Waals surface area contributed by atoms with Crippen molar-refractivity contribution in [1.29, 1.82) is 0 Å². The largest absolute Gasteiger partial charge is 0.463 e. The Morgan fingerprint density at radius 3 is 2.84 bits per heavy atom. The van der Waals surface area contributed by atoms with Gasteiger partial charge in [0.25, 0.3) is 0 Å². The molecule has 0 fully saturated rings. The van der Waals surface area contributed by atoms with E-state index in [2.05, 4.69) is 4.74 Å². The van der Waals surface area contributed by atoms with Crippen LogP contribution in [0.2, 0.25) is 0 Å². The summed E-state index contributed by atoms with van der Waals surface area (Å²) in [7, 11) is 0. The number of benzene rings is 1. The van der Waals surface area contributed by atoms with E-state index < -0.39 is 22.4 Å². The number of rotatable bonds is 5. The first kappa shape index (κ1) is 14.6. The van der Waals surface area contributed by atoms with E-state index in [9.17, 15) is 19.3 Å². The van der Waals surface area contributed by atoms with Gasteiger partial charge >= 0.3 is 11.7 Å². The minimum atomic E-state index is -0.885. The van der Waals surface area contributed by atoms with Gasteiger partial charge in [0.15, 0.2) is 0 Å². The van der Waals surface area contributed by atoms with Crippen LogP contribution < -0.4 is 0 Å². The molecule has 0 aliphatic carbocycles. The quantitative estimate of drug-likeness (QED) is 0.270. The predicted octanol–water partition coefficient (Wildman–Crippen LogP) is 2.87. The van der Waals surface area contributed by atoms with Gasteiger partial charge in [-0.2, -0.15) is 4.39 Å². The summed E-state index contributed by atoms with van der Waals surface area (Å²) in [4.78, 5) is 20.7. The first-order valence-corrected chi connectivity index (χ1v) is 5.50. The number of ether oxygens (including phenoxy) is 1. The number of nitro groups is 1. The number of hydrogen-bond acceptors (Lipinski definition) is 4. The average Bonchev–Trinajstić information content (AvgIpc) is 2.36. The average molecular weight is 265 g/mol. The third-order valence-corrected chi connectivity index (χ3v) is 2.09. The van der Waals surface area contributed by atoms with Crippen LogP contribution in [-0.2, 0) is 9.53 Å². The molecule has 0 unspecified atom stereocenters. The second-order valence-corrected chi connectivity index (χ2v) is 3.44. The highest BCUT2D eigenvalue weighted by Gasteiger charge is 2.12. The van der Waals surface area contributed by atoms with Crippen molar-refractivity contribution in [2.75, 3.05) is 6.61 Å². The number of allylic oxidation sites excluding steroid dienone is 2. The van der Waals surface area contributed by atoms with Gasteiger partial charge in [0.2, 0.25) is 5.82 Å². The summed E-state index contributed by atoms with van der Waals surface area (Å²) in [6, 6.07) is 3.54. The molecule has 1 rings (SSSR count). The van der Waals surface area contributed by atoms with Crippen LogP contribution in [0, 0.1) is 15.9 Å². The molecule has 0 saturated carbocycles. The maximum absolute atomic E-state index is 13.1. The lowest BCUT2D eigenvalue weighted by molar-refractivity contribution is -0.387. The first-order valence-electron chi connectivity index (χ1n) is 5.50. The van der Waals surface area contributed by atoms with E-state index in [-0.39, 0.29) is 6.61 Å². The zero-order chi connectivity index (χ0) is 14.3. The lowest BCUT2D eigenvalue weighted by atomic mass is 10.2. The monoisotopic (exact) mass is 265 g/mol. The third-order valence-electron chi connectivity index (χ3n) is 2.09. The second-order valence-electron chi connectivity index (χ2n) is 3.44. The molecular formula is C13H12FNO4. The molecule has 1 aromatic carbocycles. The fourth-order valence-electron chi connectivity index (χ4n) is 1.26. The van der Waals surface area contributed by atoms with Gasteiger partial charge in [-0.15, -0.1) is 0 Å². The van der Waals surface area contributed by atoms with Gasteiger partial charge in [0.05, 0.1) is 11.5 Å². The van der Waals surface area contributed by atoms with Crippen LogP contribution in [0.5, 0.6) is 0 Å². The van der Waals surface area contributed by atoms with Crippen LogP contribution in [0.15, 0.2) is 36.4 Å². The molecule has 0 aliphatic heterocycles. The van der Waals surface area contributed by atoms with Gasteiger partial charge in [-0.3, -0.25) is 10.1 Å². The molecule has 19 heavy (non-hydrogen) atoms. The lowest BCUT2D eigenvalue weighted by Gasteiger charge is -1.95. The predicted molar refractivity (Wildman–Crippen MR) is 67.9 cm³/mol. The Kier molecular flexibility index (Phi) is 5.40. The fourth-order valence-corrected chi connectivity index (χ4v) is 1.26. The van der Waals surface area contributed by atoms with E-state index in [1.807, 2.05) is 0 Å². The topological polar surface area (TPSA) is 69.4 Å². The van der Waals surface area contributed by atoms with E-state index in [0.717, 1.165) is 12.1 Å². The van der Waals surface area contributed by atoms with E-state index in [1.165, 1.54) is 30.4 Å². The summed E-state index contributed by atoms with van der Waals surface area (Å²) >= 11 is 0. The van der Waals surface area contributed by atoms with Gasteiger partial charge in [-0.1, -0.05) is 24.3 Å². The lowest BCUT2D eigenvalue weighted by Crippen LogP contribution is -1.98. The Bertz CT molecular complexity index is 537. The van der Waals surface area contributed by atoms with Crippen molar-refractivity contribution < 1.29 is 18.8 Å². The minimum absolute atomic E-state index is 0.289. The number of nitrogens with zero attached hydrogens (tertiary/aromatic N) is 1. The number of carbonyl (C=O) groups is 1. The summed E-state index contributed by atoms with van der Waals surface area (Å²) in [5, 5.41) is 10.5. The number of esters is 1. The van der Waals surface area contributed by atoms with Crippen LogP contribution >= 0.6 is 0 Å². The molecule has 0 aliphatic rings. The number of halogens is 1. The Balaban J connectivity index is 2.75. The van der Waals surface area contributed by atoms with Crippen LogP contribution in [0.4, 0.5) is 10.1 Å². The summed E-state index contributed by atoms with van der Waals surface area (Å²) < 4.78 is 17.7. The number of carbonyl (C=O) groups excluding carboxylic acids is 1. The van der Waals surface area contributed by atoms with E-state index in [4.69, 9.17) is 0 Å². The zero-order valence-electron chi connectivity index (χ0n) is 10.2. The number of nitro benzene ring substituents is 1. The van der Waals surface area contributed by atoms with Crippen LogP contribution in [-0.4, -0.2) is 17.5 Å². The van der Waals surface area contributed by atoms with Gasteiger partial charge in [-0.05, 0) is 18.6 Å². The first-order chi connectivity index (χ1) is 9.04. The van der Waals surface area contributed by atoms with Crippen molar-refractivity contribution in [3.05, 3.63) is 57.9 Å². The van der Waals surface area contributed by atoms with Crippen LogP contribution in [0.25, 0.3) is 6.08 Å². The van der Waals surface area contributed by atoms with E-state index >= 15 is 0 Å². The molecular weight excluding hydrogens is 253 g/mol. The minimum Gasteiger partial charge on any atom is -0.463 e. The Morgan fingerprint density at radius 2 is 2.21 bits per heavy atom. The summed E-state index contributed by atoms with van der Waals surface area (Å²) in [5.74, 6) is -1.36. The van der Waals surface area contributed by atoms with E-state index in [1.54, 1.807) is 6.92 Å². The van der Waals surface area contributed by atoms with Crippen molar-refractivity contribution in [1.82, 2.24) is 0 Å². The molecule has 0 heterocycles. The molecule has 0 amide bonds. The SMILES string of the molecule is CCOC(=O)C=CC=Cc1ccc(F)c([N+](=O)[O-])c1. The second kappa shape index (κ2) is 7.05. The molecule has 6 heteroatoms. The van der Waals surface area contributed by atoms with E-state index in [0.29, 0.717) is 5.56 Å². The van der Waals surface area contributed by atoms with Crippen LogP contribution in [0.1, 0.15) is 12.5 Å². The highest BCUT2D eigenvalue weighted by atomic mass is 19.1. The molecule has 5 nitrogen and oxygen atoms in total. The third kappa shape index (κ3) is 4.71. The maximum atomic E-state index is 13.1. The standard InChI is InChI=1S/C13H12FNO4/c1-2-19-13(16)6-4-3-5-10-7-8-11(14)12(9-10)15(17)18/h3-9H,2H2,1H3. The molecule has 0 saturated heterocycles. The van der Waals surface area contributed by atoms with Crippen molar-refractivity contribution in [3.8, 4) is 0 Å². The van der Waals surface area contributed by atoms with Crippen LogP contribution in [0.3, 0.4) is 0 Å². The van der Waals surface area contributed by atoms with Gasteiger partial charge in [0.1, 0.15) is 0 Å². The Hall–Kier alpha value is -2.50. The zero-order valence-corrected chi connectivity index (χ0v) is 10.2. The van der Waals surface area contributed by atoms with Crippen molar-refractivity contribution in [2.24, 2.45) is 0 Å². The molecule has 0 N–H and O–H groups in total. The fraction of sp³-hybridized carbons (Fsp3) is 0.154. The smallest absolute Gasteiger partial charge is 0.330 e. The summed E-state index contributed by atoms with van der Waals surface area (Å²) in [6.45, 7) is 1.98. The van der Waals surface area contributed by atoms with Crippen molar-refractivity contribution in [2.45, 2.75) is 6.92 Å². The molecule has 100 valence electrons. The summed E-state index contributed by atoms with van der Waals surface area (Å²) in [6.07, 6.45) is 5.68. The van der Waals surface area contributed by atoms with Gasteiger partial charge < -0.3 is 4.74 Å². The molecule has 1 aromatic rings. The molecule has 0 atom stereocenters. The summed E-state index contributed by atoms with van der Waals surface area (Å²) in [5.41, 5.74) is -0.127. The molecule has 0 radical (unpaired) electrons. The Labute approximate surface area is 109 Å². The van der Waals surface area contributed by atoms with Crippen molar-refractivity contribution in [3.63, 3.8) is 0 Å². The Morgan fingerprint density at radius 1 is 1.47 bits per heavy atom. The number of hydrogen-bond donors (Lipinski definition) is 0. The highest BCUT2D eigenvalue weighted by molar-refractivity contribution is 5.82. The van der Waals surface area contributed by atoms with Crippen molar-refractivity contribution >= 4 is 17.7 Å². The molecule has 0 bridgehead atoms. The normalized spacial score (nSPS) is 11.1.